The fourth-order valence-corrected chi connectivity index (χ4v) is 3.73. The summed E-state index contributed by atoms with van der Waals surface area (Å²) in [6, 6.07) is 17.6. The molecule has 1 atom stereocenters. The molecule has 0 unspecified atom stereocenters. The van der Waals surface area contributed by atoms with Crippen LogP contribution in [0, 0.1) is 6.92 Å². The van der Waals surface area contributed by atoms with Crippen molar-refractivity contribution < 1.29 is 9.59 Å². The van der Waals surface area contributed by atoms with E-state index < -0.39 is 6.04 Å². The molecule has 0 aliphatic heterocycles. The van der Waals surface area contributed by atoms with Gasteiger partial charge in [-0.25, -0.2) is 0 Å². The lowest BCUT2D eigenvalue weighted by Gasteiger charge is -2.29. The summed E-state index contributed by atoms with van der Waals surface area (Å²) in [5, 5.41) is 2.91. The molecule has 2 rings (SSSR count). The summed E-state index contributed by atoms with van der Waals surface area (Å²) in [5.74, 6) is 1.02. The number of nitrogens with zero attached hydrogens (tertiary/aromatic N) is 1. The first-order valence-electron chi connectivity index (χ1n) is 9.76. The summed E-state index contributed by atoms with van der Waals surface area (Å²) in [5.41, 5.74) is 3.39. The summed E-state index contributed by atoms with van der Waals surface area (Å²) < 4.78 is 0. The fourth-order valence-electron chi connectivity index (χ4n) is 2.86. The van der Waals surface area contributed by atoms with Crippen molar-refractivity contribution in [3.05, 3.63) is 71.3 Å². The maximum absolute atomic E-state index is 13.0. The lowest BCUT2D eigenvalue weighted by atomic mass is 10.1. The second-order valence-electron chi connectivity index (χ2n) is 6.89. The van der Waals surface area contributed by atoms with E-state index in [1.165, 1.54) is 5.56 Å². The van der Waals surface area contributed by atoms with Crippen LogP contribution < -0.4 is 5.32 Å². The highest BCUT2D eigenvalue weighted by Crippen LogP contribution is 2.17. The van der Waals surface area contributed by atoms with Crippen molar-refractivity contribution in [1.29, 1.82) is 0 Å². The minimum absolute atomic E-state index is 0.0108. The second kappa shape index (κ2) is 11.5. The number of rotatable bonds is 10. The van der Waals surface area contributed by atoms with Crippen molar-refractivity contribution in [2.45, 2.75) is 45.5 Å². The number of aryl methyl sites for hydroxylation is 1. The summed E-state index contributed by atoms with van der Waals surface area (Å²) in [6.45, 7) is 6.92. The highest BCUT2D eigenvalue weighted by Gasteiger charge is 2.26. The molecule has 0 heterocycles. The molecule has 0 bridgehead atoms. The van der Waals surface area contributed by atoms with Crippen LogP contribution in [0.3, 0.4) is 0 Å². The molecule has 1 N–H and O–H groups in total. The van der Waals surface area contributed by atoms with E-state index in [9.17, 15) is 9.59 Å². The van der Waals surface area contributed by atoms with Crippen molar-refractivity contribution in [3.63, 3.8) is 0 Å². The smallest absolute Gasteiger partial charge is 0.242 e. The van der Waals surface area contributed by atoms with Gasteiger partial charge in [-0.2, -0.15) is 0 Å². The highest BCUT2D eigenvalue weighted by atomic mass is 32.2. The summed E-state index contributed by atoms with van der Waals surface area (Å²) in [4.78, 5) is 27.2. The Bertz CT molecular complexity index is 764. The Morgan fingerprint density at radius 3 is 2.43 bits per heavy atom. The SMILES string of the molecule is CCCNC(=O)[C@H](C)N(Cc1ccccc1C)C(=O)CSCc1ccccc1. The number of carbonyl (C=O) groups excluding carboxylic acids is 2. The van der Waals surface area contributed by atoms with Gasteiger partial charge in [-0.3, -0.25) is 9.59 Å². The minimum atomic E-state index is -0.504. The number of benzene rings is 2. The molecule has 0 saturated heterocycles. The molecule has 0 radical (unpaired) electrons. The lowest BCUT2D eigenvalue weighted by molar-refractivity contribution is -0.138. The number of thioether (sulfide) groups is 1. The van der Waals surface area contributed by atoms with Gasteiger partial charge in [0.25, 0.3) is 0 Å². The van der Waals surface area contributed by atoms with E-state index in [1.807, 2.05) is 63.2 Å². The van der Waals surface area contributed by atoms with E-state index in [0.717, 1.165) is 23.3 Å². The van der Waals surface area contributed by atoms with E-state index in [0.29, 0.717) is 18.8 Å². The molecule has 28 heavy (non-hydrogen) atoms. The molecule has 4 nitrogen and oxygen atoms in total. The van der Waals surface area contributed by atoms with E-state index >= 15 is 0 Å². The maximum atomic E-state index is 13.0. The van der Waals surface area contributed by atoms with Gasteiger partial charge in [0.05, 0.1) is 5.75 Å². The fraction of sp³-hybridized carbons (Fsp3) is 0.391. The molecule has 0 aliphatic carbocycles. The van der Waals surface area contributed by atoms with Gasteiger partial charge in [0.2, 0.25) is 11.8 Å². The Kier molecular flexibility index (Phi) is 9.08. The van der Waals surface area contributed by atoms with Crippen LogP contribution in [-0.4, -0.2) is 35.1 Å². The minimum Gasteiger partial charge on any atom is -0.354 e. The van der Waals surface area contributed by atoms with Crippen LogP contribution in [0.15, 0.2) is 54.6 Å². The topological polar surface area (TPSA) is 49.4 Å². The molecule has 2 aromatic carbocycles. The number of carbonyl (C=O) groups is 2. The Morgan fingerprint density at radius 1 is 1.07 bits per heavy atom. The van der Waals surface area contributed by atoms with Gasteiger partial charge >= 0.3 is 0 Å². The average Bonchev–Trinajstić information content (AvgIpc) is 2.71. The molecule has 0 fully saturated rings. The largest absolute Gasteiger partial charge is 0.354 e. The predicted molar refractivity (Wildman–Crippen MR) is 117 cm³/mol. The van der Waals surface area contributed by atoms with Crippen LogP contribution in [0.1, 0.15) is 37.0 Å². The van der Waals surface area contributed by atoms with E-state index in [2.05, 4.69) is 17.4 Å². The number of hydrogen-bond acceptors (Lipinski definition) is 3. The van der Waals surface area contributed by atoms with Crippen molar-refractivity contribution in [2.75, 3.05) is 12.3 Å². The van der Waals surface area contributed by atoms with Crippen LogP contribution in [0.4, 0.5) is 0 Å². The number of amides is 2. The van der Waals surface area contributed by atoms with Gasteiger partial charge in [-0.1, -0.05) is 61.5 Å². The maximum Gasteiger partial charge on any atom is 0.242 e. The van der Waals surface area contributed by atoms with Crippen LogP contribution in [0.25, 0.3) is 0 Å². The van der Waals surface area contributed by atoms with Gasteiger partial charge in [-0.15, -0.1) is 11.8 Å². The highest BCUT2D eigenvalue weighted by molar-refractivity contribution is 7.99. The van der Waals surface area contributed by atoms with Crippen LogP contribution >= 0.6 is 11.8 Å². The molecule has 2 amide bonds. The van der Waals surface area contributed by atoms with Crippen molar-refractivity contribution in [1.82, 2.24) is 10.2 Å². The predicted octanol–water partition coefficient (Wildman–Crippen LogP) is 4.17. The van der Waals surface area contributed by atoms with Crippen molar-refractivity contribution >= 4 is 23.6 Å². The monoisotopic (exact) mass is 398 g/mol. The molecule has 2 aromatic rings. The molecule has 0 aliphatic rings. The third kappa shape index (κ3) is 6.71. The molecule has 5 heteroatoms. The Labute approximate surface area is 172 Å². The number of hydrogen-bond donors (Lipinski definition) is 1. The standard InChI is InChI=1S/C23H30N2O2S/c1-4-14-24-23(27)19(3)25(15-21-13-9-8-10-18(21)2)22(26)17-28-16-20-11-6-5-7-12-20/h5-13,19H,4,14-17H2,1-3H3,(H,24,27)/t19-/m0/s1. The zero-order valence-electron chi connectivity index (χ0n) is 17.0. The second-order valence-corrected chi connectivity index (χ2v) is 7.88. The molecular formula is C23H30N2O2S. The Balaban J connectivity index is 2.06. The zero-order valence-corrected chi connectivity index (χ0v) is 17.8. The molecule has 0 spiro atoms. The van der Waals surface area contributed by atoms with Crippen molar-refractivity contribution in [3.8, 4) is 0 Å². The molecule has 0 aromatic heterocycles. The van der Waals surface area contributed by atoms with E-state index in [1.54, 1.807) is 16.7 Å². The van der Waals surface area contributed by atoms with Gasteiger partial charge in [0, 0.05) is 18.8 Å². The van der Waals surface area contributed by atoms with Gasteiger partial charge in [0.1, 0.15) is 6.04 Å². The summed E-state index contributed by atoms with van der Waals surface area (Å²) in [7, 11) is 0. The zero-order chi connectivity index (χ0) is 20.4. The van der Waals surface area contributed by atoms with Crippen LogP contribution in [0.5, 0.6) is 0 Å². The third-order valence-corrected chi connectivity index (χ3v) is 5.64. The normalized spacial score (nSPS) is 11.7. The van der Waals surface area contributed by atoms with Crippen LogP contribution in [-0.2, 0) is 21.9 Å². The Hall–Kier alpha value is -2.27. The van der Waals surface area contributed by atoms with Gasteiger partial charge in [-0.05, 0) is 37.0 Å². The van der Waals surface area contributed by atoms with Crippen LogP contribution in [0.2, 0.25) is 0 Å². The summed E-state index contributed by atoms with van der Waals surface area (Å²) in [6.07, 6.45) is 0.872. The summed E-state index contributed by atoms with van der Waals surface area (Å²) >= 11 is 1.58. The molecular weight excluding hydrogens is 368 g/mol. The number of nitrogens with one attached hydrogen (secondary N) is 1. The Morgan fingerprint density at radius 2 is 1.75 bits per heavy atom. The average molecular weight is 399 g/mol. The third-order valence-electron chi connectivity index (χ3n) is 4.66. The molecule has 0 saturated carbocycles. The van der Waals surface area contributed by atoms with Gasteiger partial charge in [0.15, 0.2) is 0 Å². The first-order chi connectivity index (χ1) is 13.5. The first-order valence-corrected chi connectivity index (χ1v) is 10.9. The quantitative estimate of drug-likeness (QED) is 0.653. The van der Waals surface area contributed by atoms with E-state index in [-0.39, 0.29) is 11.8 Å². The van der Waals surface area contributed by atoms with Gasteiger partial charge < -0.3 is 10.2 Å². The first kappa shape index (κ1) is 22.0. The van der Waals surface area contributed by atoms with E-state index in [4.69, 9.17) is 0 Å². The van der Waals surface area contributed by atoms with Crippen molar-refractivity contribution in [2.24, 2.45) is 0 Å². The molecule has 150 valence electrons. The lowest BCUT2D eigenvalue weighted by Crippen LogP contribution is -2.48.